The lowest BCUT2D eigenvalue weighted by molar-refractivity contribution is -0.123. The van der Waals surface area contributed by atoms with Gasteiger partial charge < -0.3 is 24.7 Å². The van der Waals surface area contributed by atoms with Gasteiger partial charge in [0.1, 0.15) is 39.7 Å². The second-order valence-corrected chi connectivity index (χ2v) is 10.6. The van der Waals surface area contributed by atoms with Crippen molar-refractivity contribution in [3.8, 4) is 17.2 Å². The Balaban J connectivity index is 1.47. The van der Waals surface area contributed by atoms with Gasteiger partial charge in [0.05, 0.1) is 17.4 Å². The SMILES string of the molecule is CC(=O)c1c(O)c(C)c(O)c2c1OC1=CC(=O)/C(=C(/C)NCCC(c3ccc(C)cc3)c3ccco3)C(=O)[C@]12C. The summed E-state index contributed by atoms with van der Waals surface area (Å²) < 4.78 is 11.5. The minimum absolute atomic E-state index is 0.00843. The molecule has 0 saturated carbocycles. The Kier molecular flexibility index (Phi) is 6.66. The molecule has 2 aliphatic rings. The van der Waals surface area contributed by atoms with Gasteiger partial charge in [-0.05, 0) is 58.7 Å². The number of phenolic OH excluding ortho intramolecular Hbond substituents is 2. The second kappa shape index (κ2) is 9.86. The Morgan fingerprint density at radius 1 is 1.05 bits per heavy atom. The lowest BCUT2D eigenvalue weighted by Gasteiger charge is -2.29. The first-order valence-corrected chi connectivity index (χ1v) is 13.1. The molecular formula is C32H31NO7. The number of Topliss-reactive ketones (excluding diaryl/α,β-unsaturated/α-hetero) is 2. The van der Waals surface area contributed by atoms with Crippen LogP contribution >= 0.6 is 0 Å². The number of aromatic hydroxyl groups is 2. The van der Waals surface area contributed by atoms with Crippen molar-refractivity contribution in [1.82, 2.24) is 5.32 Å². The van der Waals surface area contributed by atoms with Crippen LogP contribution in [0, 0.1) is 13.8 Å². The summed E-state index contributed by atoms with van der Waals surface area (Å²) in [4.78, 5) is 39.6. The van der Waals surface area contributed by atoms with Gasteiger partial charge in [-0.3, -0.25) is 14.4 Å². The van der Waals surface area contributed by atoms with Crippen LogP contribution in [-0.4, -0.2) is 34.1 Å². The van der Waals surface area contributed by atoms with Gasteiger partial charge in [0.25, 0.3) is 0 Å². The number of ketones is 3. The maximum Gasteiger partial charge on any atom is 0.194 e. The van der Waals surface area contributed by atoms with Crippen LogP contribution in [0.1, 0.15) is 71.5 Å². The van der Waals surface area contributed by atoms with Crippen molar-refractivity contribution in [2.75, 3.05) is 6.54 Å². The summed E-state index contributed by atoms with van der Waals surface area (Å²) >= 11 is 0. The number of nitrogens with one attached hydrogen (secondary N) is 1. The molecule has 40 heavy (non-hydrogen) atoms. The molecular weight excluding hydrogens is 510 g/mol. The smallest absolute Gasteiger partial charge is 0.194 e. The first kappa shape index (κ1) is 27.0. The highest BCUT2D eigenvalue weighted by atomic mass is 16.5. The van der Waals surface area contributed by atoms with Gasteiger partial charge in [-0.25, -0.2) is 0 Å². The molecule has 3 N–H and O–H groups in total. The van der Waals surface area contributed by atoms with Crippen molar-refractivity contribution < 1.29 is 33.8 Å². The molecule has 1 aromatic heterocycles. The van der Waals surface area contributed by atoms with Gasteiger partial charge in [0.2, 0.25) is 0 Å². The third-order valence-corrected chi connectivity index (χ3v) is 7.95. The largest absolute Gasteiger partial charge is 0.507 e. The fourth-order valence-corrected chi connectivity index (χ4v) is 5.62. The van der Waals surface area contributed by atoms with Crippen LogP contribution in [0.25, 0.3) is 0 Å². The minimum Gasteiger partial charge on any atom is -0.507 e. The molecule has 3 aromatic rings. The number of allylic oxidation sites excluding steroid dienone is 4. The first-order chi connectivity index (χ1) is 19.0. The number of rotatable bonds is 7. The summed E-state index contributed by atoms with van der Waals surface area (Å²) in [6, 6.07) is 12.0. The predicted molar refractivity (Wildman–Crippen MR) is 148 cm³/mol. The molecule has 2 heterocycles. The van der Waals surface area contributed by atoms with Crippen LogP contribution < -0.4 is 10.1 Å². The first-order valence-electron chi connectivity index (χ1n) is 13.1. The molecule has 1 aliphatic heterocycles. The Morgan fingerprint density at radius 3 is 2.38 bits per heavy atom. The van der Waals surface area contributed by atoms with Crippen molar-refractivity contribution in [1.29, 1.82) is 0 Å². The van der Waals surface area contributed by atoms with Crippen LogP contribution in [0.4, 0.5) is 0 Å². The van der Waals surface area contributed by atoms with E-state index < -0.39 is 28.5 Å². The van der Waals surface area contributed by atoms with Gasteiger partial charge >= 0.3 is 0 Å². The summed E-state index contributed by atoms with van der Waals surface area (Å²) in [6.45, 7) is 8.40. The van der Waals surface area contributed by atoms with Crippen molar-refractivity contribution in [2.24, 2.45) is 0 Å². The number of carbonyl (C=O) groups excluding carboxylic acids is 3. The van der Waals surface area contributed by atoms with Gasteiger partial charge in [0, 0.05) is 29.8 Å². The lowest BCUT2D eigenvalue weighted by atomic mass is 9.70. The van der Waals surface area contributed by atoms with Crippen molar-refractivity contribution in [3.05, 3.63) is 99.3 Å². The third-order valence-electron chi connectivity index (χ3n) is 7.95. The zero-order chi connectivity index (χ0) is 28.9. The molecule has 0 radical (unpaired) electrons. The monoisotopic (exact) mass is 541 g/mol. The normalized spacial score (nSPS) is 19.9. The highest BCUT2D eigenvalue weighted by molar-refractivity contribution is 6.31. The molecule has 2 atom stereocenters. The molecule has 0 spiro atoms. The van der Waals surface area contributed by atoms with E-state index in [1.54, 1.807) is 20.1 Å². The molecule has 8 heteroatoms. The summed E-state index contributed by atoms with van der Waals surface area (Å²) in [7, 11) is 0. The number of aryl methyl sites for hydroxylation is 1. The highest BCUT2D eigenvalue weighted by Gasteiger charge is 2.56. The molecule has 1 unspecified atom stereocenters. The predicted octanol–water partition coefficient (Wildman–Crippen LogP) is 5.28. The topological polar surface area (TPSA) is 126 Å². The fraction of sp³-hybridized carbons (Fsp3) is 0.281. The zero-order valence-corrected chi connectivity index (χ0v) is 23.0. The average molecular weight is 542 g/mol. The highest BCUT2D eigenvalue weighted by Crippen LogP contribution is 2.57. The molecule has 8 nitrogen and oxygen atoms in total. The summed E-state index contributed by atoms with van der Waals surface area (Å²) in [5.74, 6) is -1.67. The quantitative estimate of drug-likeness (QED) is 0.210. The molecule has 0 amide bonds. The number of hydrogen-bond acceptors (Lipinski definition) is 8. The molecule has 206 valence electrons. The molecule has 0 saturated heterocycles. The maximum absolute atomic E-state index is 14.0. The van der Waals surface area contributed by atoms with E-state index in [1.165, 1.54) is 19.9 Å². The van der Waals surface area contributed by atoms with Crippen LogP contribution in [0.5, 0.6) is 17.2 Å². The summed E-state index contributed by atoms with van der Waals surface area (Å²) in [6.07, 6.45) is 3.49. The Bertz CT molecular complexity index is 1610. The van der Waals surface area contributed by atoms with E-state index in [1.807, 2.05) is 31.2 Å². The molecule has 5 rings (SSSR count). The number of ether oxygens (including phenoxy) is 1. The number of fused-ring (bicyclic) bond motifs is 3. The van der Waals surface area contributed by atoms with E-state index >= 15 is 0 Å². The summed E-state index contributed by atoms with van der Waals surface area (Å²) in [5.41, 5.74) is 1.02. The Morgan fingerprint density at radius 2 is 1.75 bits per heavy atom. The molecule has 1 aliphatic carbocycles. The molecule has 0 fully saturated rings. The lowest BCUT2D eigenvalue weighted by Crippen LogP contribution is -2.41. The van der Waals surface area contributed by atoms with Gasteiger partial charge in [0.15, 0.2) is 17.3 Å². The Hall–Kier alpha value is -4.59. The average Bonchev–Trinajstić information content (AvgIpc) is 3.53. The number of hydrogen-bond donors (Lipinski definition) is 3. The number of benzene rings is 2. The minimum atomic E-state index is -1.55. The molecule has 2 aromatic carbocycles. The molecule has 0 bridgehead atoms. The fourth-order valence-electron chi connectivity index (χ4n) is 5.62. The van der Waals surface area contributed by atoms with Gasteiger partial charge in [-0.2, -0.15) is 0 Å². The summed E-state index contributed by atoms with van der Waals surface area (Å²) in [5, 5.41) is 24.8. The van der Waals surface area contributed by atoms with Crippen molar-refractivity contribution in [2.45, 2.75) is 52.4 Å². The number of carbonyl (C=O) groups is 3. The Labute approximate surface area is 232 Å². The number of phenols is 2. The van der Waals surface area contributed by atoms with Crippen LogP contribution in [0.2, 0.25) is 0 Å². The zero-order valence-electron chi connectivity index (χ0n) is 23.0. The van der Waals surface area contributed by atoms with E-state index in [2.05, 4.69) is 17.4 Å². The van der Waals surface area contributed by atoms with E-state index in [4.69, 9.17) is 9.15 Å². The van der Waals surface area contributed by atoms with Crippen molar-refractivity contribution >= 4 is 17.3 Å². The van der Waals surface area contributed by atoms with E-state index in [9.17, 15) is 24.6 Å². The van der Waals surface area contributed by atoms with Crippen LogP contribution in [0.3, 0.4) is 0 Å². The third kappa shape index (κ3) is 4.11. The second-order valence-electron chi connectivity index (χ2n) is 10.6. The van der Waals surface area contributed by atoms with Crippen molar-refractivity contribution in [3.63, 3.8) is 0 Å². The van der Waals surface area contributed by atoms with Crippen LogP contribution in [-0.2, 0) is 15.0 Å². The van der Waals surface area contributed by atoms with Gasteiger partial charge in [-0.1, -0.05) is 29.8 Å². The van der Waals surface area contributed by atoms with Gasteiger partial charge in [-0.15, -0.1) is 0 Å². The van der Waals surface area contributed by atoms with Crippen LogP contribution in [0.15, 0.2) is 70.2 Å². The van der Waals surface area contributed by atoms with E-state index in [-0.39, 0.29) is 45.4 Å². The maximum atomic E-state index is 14.0. The van der Waals surface area contributed by atoms with E-state index in [0.29, 0.717) is 18.7 Å². The number of furan rings is 1. The standard InChI is InChI=1S/C32H31NO7/c1-16-8-10-20(11-9-16)21(23-7-6-14-39-23)12-13-33-18(3)25-22(35)15-24-32(5,31(25)38)27-29(37)17(2)28(36)26(19(4)34)30(27)40-24/h6-11,14-15,21,33,36-37H,12-13H2,1-5H3/b25-18+/t21?,32-/m1/s1. The van der Waals surface area contributed by atoms with E-state index in [0.717, 1.165) is 16.9 Å².